The fourth-order valence-corrected chi connectivity index (χ4v) is 1.98. The SMILES string of the molecule is O=C(Cn1cc(C(=O)O)nn1)NCCc1nccs1. The van der Waals surface area contributed by atoms with E-state index in [0.29, 0.717) is 13.0 Å². The molecule has 2 N–H and O–H groups in total. The van der Waals surface area contributed by atoms with Crippen LogP contribution in [0.5, 0.6) is 0 Å². The summed E-state index contributed by atoms with van der Waals surface area (Å²) in [5.74, 6) is -1.42. The molecule has 2 rings (SSSR count). The molecule has 0 radical (unpaired) electrons. The molecule has 100 valence electrons. The van der Waals surface area contributed by atoms with Gasteiger partial charge in [-0.15, -0.1) is 16.4 Å². The highest BCUT2D eigenvalue weighted by Crippen LogP contribution is 2.03. The number of carbonyl (C=O) groups is 2. The molecular formula is C10H11N5O3S. The van der Waals surface area contributed by atoms with Crippen LogP contribution in [-0.2, 0) is 17.8 Å². The summed E-state index contributed by atoms with van der Waals surface area (Å²) in [4.78, 5) is 26.2. The number of rotatable bonds is 6. The maximum atomic E-state index is 11.6. The fraction of sp³-hybridized carbons (Fsp3) is 0.300. The Labute approximate surface area is 112 Å². The number of amides is 1. The van der Waals surface area contributed by atoms with Gasteiger partial charge in [0, 0.05) is 24.5 Å². The van der Waals surface area contributed by atoms with Crippen molar-refractivity contribution in [3.63, 3.8) is 0 Å². The molecule has 0 aliphatic rings. The molecule has 0 unspecified atom stereocenters. The van der Waals surface area contributed by atoms with Crippen LogP contribution in [0.15, 0.2) is 17.8 Å². The number of carboxylic acids is 1. The molecule has 19 heavy (non-hydrogen) atoms. The lowest BCUT2D eigenvalue weighted by atomic mass is 10.4. The topological polar surface area (TPSA) is 110 Å². The van der Waals surface area contributed by atoms with Crippen LogP contribution >= 0.6 is 11.3 Å². The zero-order valence-corrected chi connectivity index (χ0v) is 10.6. The van der Waals surface area contributed by atoms with Gasteiger partial charge in [-0.25, -0.2) is 14.5 Å². The van der Waals surface area contributed by atoms with E-state index in [1.807, 2.05) is 5.38 Å². The summed E-state index contributed by atoms with van der Waals surface area (Å²) in [6.07, 6.45) is 3.59. The number of thiazole rings is 1. The van der Waals surface area contributed by atoms with Crippen LogP contribution in [0.3, 0.4) is 0 Å². The predicted octanol–water partition coefficient (Wildman–Crippen LogP) is -0.208. The molecule has 0 saturated carbocycles. The van der Waals surface area contributed by atoms with Crippen molar-refractivity contribution >= 4 is 23.2 Å². The lowest BCUT2D eigenvalue weighted by Gasteiger charge is -2.03. The first-order valence-electron chi connectivity index (χ1n) is 5.43. The molecule has 2 aromatic heterocycles. The van der Waals surface area contributed by atoms with Crippen molar-refractivity contribution in [3.05, 3.63) is 28.5 Å². The first kappa shape index (κ1) is 13.1. The van der Waals surface area contributed by atoms with E-state index in [-0.39, 0.29) is 18.1 Å². The van der Waals surface area contributed by atoms with E-state index < -0.39 is 5.97 Å². The molecule has 0 fully saturated rings. The average molecular weight is 281 g/mol. The van der Waals surface area contributed by atoms with Crippen molar-refractivity contribution in [2.24, 2.45) is 0 Å². The molecule has 0 saturated heterocycles. The number of hydrogen-bond acceptors (Lipinski definition) is 6. The predicted molar refractivity (Wildman–Crippen MR) is 65.8 cm³/mol. The number of nitrogens with one attached hydrogen (secondary N) is 1. The maximum Gasteiger partial charge on any atom is 0.358 e. The Morgan fingerprint density at radius 2 is 2.32 bits per heavy atom. The van der Waals surface area contributed by atoms with Crippen LogP contribution in [-0.4, -0.2) is 43.5 Å². The van der Waals surface area contributed by atoms with E-state index in [0.717, 1.165) is 5.01 Å². The number of carbonyl (C=O) groups excluding carboxylic acids is 1. The summed E-state index contributed by atoms with van der Waals surface area (Å²) in [6.45, 7) is 0.422. The largest absolute Gasteiger partial charge is 0.476 e. The number of hydrogen-bond donors (Lipinski definition) is 2. The monoisotopic (exact) mass is 281 g/mol. The second-order valence-electron chi connectivity index (χ2n) is 3.63. The Bertz CT molecular complexity index is 565. The van der Waals surface area contributed by atoms with Gasteiger partial charge in [-0.2, -0.15) is 0 Å². The third-order valence-electron chi connectivity index (χ3n) is 2.21. The minimum atomic E-state index is -1.17. The summed E-state index contributed by atoms with van der Waals surface area (Å²) in [6, 6.07) is 0. The Hall–Kier alpha value is -2.29. The van der Waals surface area contributed by atoms with E-state index in [2.05, 4.69) is 20.6 Å². The van der Waals surface area contributed by atoms with Crippen molar-refractivity contribution < 1.29 is 14.7 Å². The molecule has 0 aliphatic heterocycles. The van der Waals surface area contributed by atoms with Crippen molar-refractivity contribution in [1.29, 1.82) is 0 Å². The average Bonchev–Trinajstić information content (AvgIpc) is 3.00. The van der Waals surface area contributed by atoms with Gasteiger partial charge in [0.25, 0.3) is 0 Å². The van der Waals surface area contributed by atoms with Crippen LogP contribution in [0, 0.1) is 0 Å². The number of aromatic nitrogens is 4. The van der Waals surface area contributed by atoms with Gasteiger partial charge in [0.15, 0.2) is 5.69 Å². The molecule has 0 atom stereocenters. The molecule has 9 heteroatoms. The molecular weight excluding hydrogens is 270 g/mol. The highest BCUT2D eigenvalue weighted by molar-refractivity contribution is 7.09. The fourth-order valence-electron chi connectivity index (χ4n) is 1.36. The van der Waals surface area contributed by atoms with E-state index in [1.54, 1.807) is 6.20 Å². The van der Waals surface area contributed by atoms with Crippen LogP contribution < -0.4 is 5.32 Å². The van der Waals surface area contributed by atoms with Gasteiger partial charge >= 0.3 is 5.97 Å². The molecule has 0 aliphatic carbocycles. The van der Waals surface area contributed by atoms with Gasteiger partial charge in [0.1, 0.15) is 6.54 Å². The van der Waals surface area contributed by atoms with E-state index in [4.69, 9.17) is 5.11 Å². The van der Waals surface area contributed by atoms with Gasteiger partial charge in [0.05, 0.1) is 11.2 Å². The standard InChI is InChI=1S/C10H11N5O3S/c16-8(11-2-1-9-12-3-4-19-9)6-15-5-7(10(17)18)13-14-15/h3-5H,1-2,6H2,(H,11,16)(H,17,18). The normalized spacial score (nSPS) is 10.3. The highest BCUT2D eigenvalue weighted by atomic mass is 32.1. The molecule has 1 amide bonds. The van der Waals surface area contributed by atoms with Crippen molar-refractivity contribution in [3.8, 4) is 0 Å². The van der Waals surface area contributed by atoms with Crippen molar-refractivity contribution in [2.45, 2.75) is 13.0 Å². The first-order chi connectivity index (χ1) is 9.15. The van der Waals surface area contributed by atoms with Gasteiger partial charge in [-0.3, -0.25) is 4.79 Å². The lowest BCUT2D eigenvalue weighted by molar-refractivity contribution is -0.121. The van der Waals surface area contributed by atoms with Crippen LogP contribution in [0.4, 0.5) is 0 Å². The van der Waals surface area contributed by atoms with E-state index in [9.17, 15) is 9.59 Å². The molecule has 8 nitrogen and oxygen atoms in total. The maximum absolute atomic E-state index is 11.6. The smallest absolute Gasteiger partial charge is 0.358 e. The summed E-state index contributed by atoms with van der Waals surface area (Å²) in [5, 5.41) is 21.1. The van der Waals surface area contributed by atoms with Gasteiger partial charge < -0.3 is 10.4 Å². The van der Waals surface area contributed by atoms with E-state index >= 15 is 0 Å². The Balaban J connectivity index is 1.75. The summed E-state index contributed by atoms with van der Waals surface area (Å²) in [5.41, 5.74) is -0.185. The van der Waals surface area contributed by atoms with Crippen molar-refractivity contribution in [1.82, 2.24) is 25.3 Å². The van der Waals surface area contributed by atoms with Crippen LogP contribution in [0.25, 0.3) is 0 Å². The molecule has 2 aromatic rings. The second kappa shape index (κ2) is 6.05. The minimum absolute atomic E-state index is 0.0574. The molecule has 0 spiro atoms. The van der Waals surface area contributed by atoms with E-state index in [1.165, 1.54) is 22.2 Å². The third-order valence-corrected chi connectivity index (χ3v) is 3.05. The third kappa shape index (κ3) is 3.85. The molecule has 0 aromatic carbocycles. The Morgan fingerprint density at radius 1 is 1.47 bits per heavy atom. The molecule has 0 bridgehead atoms. The second-order valence-corrected chi connectivity index (χ2v) is 4.61. The first-order valence-corrected chi connectivity index (χ1v) is 6.31. The van der Waals surface area contributed by atoms with Crippen LogP contribution in [0.1, 0.15) is 15.5 Å². The summed E-state index contributed by atoms with van der Waals surface area (Å²) < 4.78 is 1.18. The minimum Gasteiger partial charge on any atom is -0.476 e. The highest BCUT2D eigenvalue weighted by Gasteiger charge is 2.10. The molecule has 2 heterocycles. The lowest BCUT2D eigenvalue weighted by Crippen LogP contribution is -2.29. The van der Waals surface area contributed by atoms with Crippen molar-refractivity contribution in [2.75, 3.05) is 6.54 Å². The van der Waals surface area contributed by atoms with Gasteiger partial charge in [-0.05, 0) is 0 Å². The summed E-state index contributed by atoms with van der Waals surface area (Å²) in [7, 11) is 0. The quantitative estimate of drug-likeness (QED) is 0.758. The number of aromatic carboxylic acids is 1. The summed E-state index contributed by atoms with van der Waals surface area (Å²) >= 11 is 1.53. The van der Waals surface area contributed by atoms with Crippen LogP contribution in [0.2, 0.25) is 0 Å². The Morgan fingerprint density at radius 3 is 2.95 bits per heavy atom. The zero-order valence-electron chi connectivity index (χ0n) is 9.81. The zero-order chi connectivity index (χ0) is 13.7. The Kier molecular flexibility index (Phi) is 4.18. The number of nitrogens with zero attached hydrogens (tertiary/aromatic N) is 4. The van der Waals surface area contributed by atoms with Gasteiger partial charge in [-0.1, -0.05) is 5.21 Å². The van der Waals surface area contributed by atoms with Gasteiger partial charge in [0.2, 0.25) is 5.91 Å². The number of carboxylic acid groups (broad SMARTS) is 1.